The summed E-state index contributed by atoms with van der Waals surface area (Å²) in [6, 6.07) is 0. The molecule has 0 N–H and O–H groups in total. The minimum atomic E-state index is -1.42. The Hall–Kier alpha value is -1.62. The summed E-state index contributed by atoms with van der Waals surface area (Å²) in [5, 5.41) is 0. The van der Waals surface area contributed by atoms with E-state index in [4.69, 9.17) is 0 Å². The van der Waals surface area contributed by atoms with Gasteiger partial charge in [-0.15, -0.1) is 0 Å². The predicted octanol–water partition coefficient (Wildman–Crippen LogP) is 1.06. The molecule has 0 radical (unpaired) electrons. The van der Waals surface area contributed by atoms with Gasteiger partial charge in [0, 0.05) is 13.2 Å². The van der Waals surface area contributed by atoms with Gasteiger partial charge in [-0.3, -0.25) is 9.78 Å². The van der Waals surface area contributed by atoms with Gasteiger partial charge in [0.1, 0.15) is 0 Å². The molecule has 0 saturated carbocycles. The van der Waals surface area contributed by atoms with Crippen LogP contribution in [-0.2, 0) is 38.8 Å². The van der Waals surface area contributed by atoms with Crippen molar-refractivity contribution in [1.29, 1.82) is 0 Å². The van der Waals surface area contributed by atoms with Crippen LogP contribution in [0.5, 0.6) is 0 Å². The molecule has 0 amide bonds. The van der Waals surface area contributed by atoms with E-state index < -0.39 is 12.3 Å². The number of carbonyl (C=O) groups excluding carboxylic acids is 2. The van der Waals surface area contributed by atoms with E-state index in [0.29, 0.717) is 13.2 Å². The highest BCUT2D eigenvalue weighted by Crippen LogP contribution is 1.93. The average Bonchev–Trinajstić information content (AvgIpc) is 2.37. The van der Waals surface area contributed by atoms with Crippen LogP contribution in [0.4, 0.5) is 9.59 Å². The lowest BCUT2D eigenvalue weighted by molar-refractivity contribution is -0.352. The van der Waals surface area contributed by atoms with Crippen molar-refractivity contribution in [2.24, 2.45) is 0 Å². The van der Waals surface area contributed by atoms with Crippen LogP contribution in [0.1, 0.15) is 13.8 Å². The third kappa shape index (κ3) is 10.9. The summed E-state index contributed by atoms with van der Waals surface area (Å²) >= 11 is 0. The standard InChI is InChI=1S/C8H14O10/c1-3-11-5-13-15-7(9)17-18-8(10)16-14-6-12-4-2/h3-6H2,1-2H3. The number of rotatable bonds is 8. The summed E-state index contributed by atoms with van der Waals surface area (Å²) in [6.07, 6.45) is -2.84. The molecule has 10 heteroatoms. The molecule has 0 aliphatic carbocycles. The van der Waals surface area contributed by atoms with E-state index in [1.54, 1.807) is 13.8 Å². The zero-order valence-electron chi connectivity index (χ0n) is 9.91. The lowest BCUT2D eigenvalue weighted by Crippen LogP contribution is -2.15. The molecule has 0 atom stereocenters. The molecule has 0 saturated heterocycles. The molecule has 0 aliphatic rings. The number of hydrogen-bond acceptors (Lipinski definition) is 10. The molecule has 0 unspecified atom stereocenters. The SMILES string of the molecule is CCOCOOC(=O)OOC(=O)OOCOCC. The van der Waals surface area contributed by atoms with Gasteiger partial charge in [0.05, 0.1) is 0 Å². The van der Waals surface area contributed by atoms with Crippen LogP contribution in [-0.4, -0.2) is 39.1 Å². The van der Waals surface area contributed by atoms with Crippen molar-refractivity contribution < 1.29 is 48.4 Å². The summed E-state index contributed by atoms with van der Waals surface area (Å²) in [7, 11) is 0. The van der Waals surface area contributed by atoms with Crippen LogP contribution in [0.25, 0.3) is 0 Å². The van der Waals surface area contributed by atoms with Crippen molar-refractivity contribution in [2.75, 3.05) is 26.8 Å². The van der Waals surface area contributed by atoms with Gasteiger partial charge in [0.2, 0.25) is 0 Å². The van der Waals surface area contributed by atoms with E-state index in [1.807, 2.05) is 0 Å². The first-order valence-electron chi connectivity index (χ1n) is 4.87. The fourth-order valence-electron chi connectivity index (χ4n) is 0.475. The molecular weight excluding hydrogens is 256 g/mol. The third-order valence-electron chi connectivity index (χ3n) is 1.10. The first kappa shape index (κ1) is 16.4. The topological polar surface area (TPSA) is 108 Å². The number of hydrogen-bond donors (Lipinski definition) is 0. The van der Waals surface area contributed by atoms with Crippen molar-refractivity contribution in [3.63, 3.8) is 0 Å². The van der Waals surface area contributed by atoms with Gasteiger partial charge in [0.25, 0.3) is 0 Å². The Morgan fingerprint density at radius 3 is 1.44 bits per heavy atom. The third-order valence-corrected chi connectivity index (χ3v) is 1.10. The highest BCUT2D eigenvalue weighted by molar-refractivity contribution is 5.62. The van der Waals surface area contributed by atoms with Gasteiger partial charge >= 0.3 is 12.3 Å². The van der Waals surface area contributed by atoms with E-state index in [9.17, 15) is 9.59 Å². The summed E-state index contributed by atoms with van der Waals surface area (Å²) in [5.41, 5.74) is 0. The lowest BCUT2D eigenvalue weighted by atomic mass is 10.9. The number of ether oxygens (including phenoxy) is 2. The van der Waals surface area contributed by atoms with Gasteiger partial charge in [-0.2, -0.15) is 29.1 Å². The second-order valence-corrected chi connectivity index (χ2v) is 2.29. The lowest BCUT2D eigenvalue weighted by Gasteiger charge is -2.03. The minimum Gasteiger partial charge on any atom is -0.351 e. The summed E-state index contributed by atoms with van der Waals surface area (Å²) in [5.74, 6) is 0. The molecular formula is C8H14O10. The molecule has 10 nitrogen and oxygen atoms in total. The van der Waals surface area contributed by atoms with Crippen molar-refractivity contribution in [1.82, 2.24) is 0 Å². The minimum absolute atomic E-state index is 0.284. The van der Waals surface area contributed by atoms with E-state index in [2.05, 4.69) is 38.8 Å². The highest BCUT2D eigenvalue weighted by Gasteiger charge is 2.13. The second kappa shape index (κ2) is 11.9. The molecule has 0 aromatic rings. The van der Waals surface area contributed by atoms with Crippen LogP contribution in [0.2, 0.25) is 0 Å². The fraction of sp³-hybridized carbons (Fsp3) is 0.750. The largest absolute Gasteiger partial charge is 0.582 e. The Labute approximate surface area is 102 Å². The van der Waals surface area contributed by atoms with Gasteiger partial charge in [-0.25, -0.2) is 0 Å². The van der Waals surface area contributed by atoms with Crippen molar-refractivity contribution in [2.45, 2.75) is 13.8 Å². The van der Waals surface area contributed by atoms with Crippen LogP contribution in [0.15, 0.2) is 0 Å². The number of carbonyl (C=O) groups is 2. The molecule has 0 spiro atoms. The normalized spacial score (nSPS) is 9.67. The Morgan fingerprint density at radius 1 is 0.722 bits per heavy atom. The predicted molar refractivity (Wildman–Crippen MR) is 50.3 cm³/mol. The second-order valence-electron chi connectivity index (χ2n) is 2.29. The van der Waals surface area contributed by atoms with E-state index in [1.165, 1.54) is 0 Å². The molecule has 0 aliphatic heterocycles. The molecule has 0 heterocycles. The molecule has 18 heavy (non-hydrogen) atoms. The van der Waals surface area contributed by atoms with Crippen molar-refractivity contribution >= 4 is 12.3 Å². The Bertz CT molecular complexity index is 206. The van der Waals surface area contributed by atoms with Gasteiger partial charge in [-0.1, -0.05) is 0 Å². The average molecular weight is 270 g/mol. The maximum absolute atomic E-state index is 10.7. The van der Waals surface area contributed by atoms with Crippen molar-refractivity contribution in [3.05, 3.63) is 0 Å². The van der Waals surface area contributed by atoms with Crippen LogP contribution >= 0.6 is 0 Å². The first-order valence-corrected chi connectivity index (χ1v) is 4.87. The van der Waals surface area contributed by atoms with E-state index in [0.717, 1.165) is 0 Å². The van der Waals surface area contributed by atoms with Gasteiger partial charge < -0.3 is 9.47 Å². The Morgan fingerprint density at radius 2 is 1.11 bits per heavy atom. The maximum atomic E-state index is 10.7. The van der Waals surface area contributed by atoms with Crippen LogP contribution < -0.4 is 0 Å². The van der Waals surface area contributed by atoms with Crippen LogP contribution in [0, 0.1) is 0 Å². The molecule has 106 valence electrons. The molecule has 0 rings (SSSR count). The first-order chi connectivity index (χ1) is 8.70. The quantitative estimate of drug-likeness (QED) is 0.275. The smallest absolute Gasteiger partial charge is 0.351 e. The monoisotopic (exact) mass is 270 g/mol. The molecule has 0 aromatic carbocycles. The summed E-state index contributed by atoms with van der Waals surface area (Å²) in [6.45, 7) is 3.60. The molecule has 0 fully saturated rings. The Balaban J connectivity index is 3.39. The van der Waals surface area contributed by atoms with Crippen molar-refractivity contribution in [3.8, 4) is 0 Å². The fourth-order valence-corrected chi connectivity index (χ4v) is 0.475. The highest BCUT2D eigenvalue weighted by atomic mass is 17.4. The summed E-state index contributed by atoms with van der Waals surface area (Å²) in [4.78, 5) is 45.2. The van der Waals surface area contributed by atoms with E-state index in [-0.39, 0.29) is 13.6 Å². The molecule has 0 bridgehead atoms. The maximum Gasteiger partial charge on any atom is 0.582 e. The zero-order chi connectivity index (χ0) is 13.6. The Kier molecular flexibility index (Phi) is 10.8. The van der Waals surface area contributed by atoms with E-state index >= 15 is 0 Å². The van der Waals surface area contributed by atoms with Gasteiger partial charge in [0.15, 0.2) is 13.6 Å². The summed E-state index contributed by atoms with van der Waals surface area (Å²) < 4.78 is 9.33. The van der Waals surface area contributed by atoms with Gasteiger partial charge in [-0.05, 0) is 13.8 Å². The zero-order valence-corrected chi connectivity index (χ0v) is 9.91. The molecule has 0 aromatic heterocycles. The van der Waals surface area contributed by atoms with Crippen LogP contribution in [0.3, 0.4) is 0 Å².